The monoisotopic (exact) mass is 431 g/mol. The van der Waals surface area contributed by atoms with E-state index in [1.54, 1.807) is 11.3 Å². The first-order chi connectivity index (χ1) is 15.2. The van der Waals surface area contributed by atoms with Gasteiger partial charge in [0.25, 0.3) is 0 Å². The lowest BCUT2D eigenvalue weighted by atomic mass is 10.2. The molecule has 0 radical (unpaired) electrons. The highest BCUT2D eigenvalue weighted by Crippen LogP contribution is 2.31. The fourth-order valence-electron chi connectivity index (χ4n) is 3.69. The Labute approximate surface area is 185 Å². The summed E-state index contributed by atoms with van der Waals surface area (Å²) < 4.78 is 0. The Kier molecular flexibility index (Phi) is 5.31. The number of piperazine rings is 1. The van der Waals surface area contributed by atoms with Gasteiger partial charge in [-0.3, -0.25) is 0 Å². The van der Waals surface area contributed by atoms with Gasteiger partial charge in [0, 0.05) is 37.6 Å². The van der Waals surface area contributed by atoms with Crippen molar-refractivity contribution in [2.24, 2.45) is 0 Å². The predicted octanol–water partition coefficient (Wildman–Crippen LogP) is 4.51. The van der Waals surface area contributed by atoms with Crippen LogP contribution in [0.5, 0.6) is 0 Å². The lowest BCUT2D eigenvalue weighted by Crippen LogP contribution is -2.44. The molecule has 3 heterocycles. The standard InChI is InChI=1S/C23H25N7S/c1-29-11-13-30(14-12-29)17-8-6-16(7-9-17)25-23-27-21(18-10-15-31-22(18)28-23)26-20-5-3-2-4-19(20)24/h2-10,15H,11-14,24H2,1H3,(H2,25,26,27,28). The highest BCUT2D eigenvalue weighted by Gasteiger charge is 2.14. The van der Waals surface area contributed by atoms with Crippen LogP contribution >= 0.6 is 11.3 Å². The largest absolute Gasteiger partial charge is 0.397 e. The molecule has 1 fully saturated rings. The van der Waals surface area contributed by atoms with Gasteiger partial charge in [-0.1, -0.05) is 12.1 Å². The molecule has 4 N–H and O–H groups in total. The van der Waals surface area contributed by atoms with Gasteiger partial charge in [0.15, 0.2) is 0 Å². The molecule has 158 valence electrons. The van der Waals surface area contributed by atoms with E-state index in [-0.39, 0.29) is 0 Å². The zero-order valence-electron chi connectivity index (χ0n) is 17.4. The van der Waals surface area contributed by atoms with Crippen molar-refractivity contribution in [3.8, 4) is 0 Å². The number of nitrogens with zero attached hydrogens (tertiary/aromatic N) is 4. The van der Waals surface area contributed by atoms with E-state index < -0.39 is 0 Å². The molecule has 31 heavy (non-hydrogen) atoms. The molecule has 0 atom stereocenters. The molecule has 4 aromatic rings. The second kappa shape index (κ2) is 8.41. The molecule has 0 amide bonds. The van der Waals surface area contributed by atoms with Crippen molar-refractivity contribution in [1.29, 1.82) is 0 Å². The van der Waals surface area contributed by atoms with Crippen LogP contribution in [0.1, 0.15) is 0 Å². The summed E-state index contributed by atoms with van der Waals surface area (Å²) in [5.74, 6) is 1.29. The van der Waals surface area contributed by atoms with Crippen LogP contribution in [-0.2, 0) is 0 Å². The molecule has 0 spiro atoms. The molecule has 2 aromatic heterocycles. The predicted molar refractivity (Wildman–Crippen MR) is 131 cm³/mol. The molecule has 0 bridgehead atoms. The van der Waals surface area contributed by atoms with Crippen LogP contribution in [-0.4, -0.2) is 48.1 Å². The first-order valence-electron chi connectivity index (χ1n) is 10.3. The molecule has 0 unspecified atom stereocenters. The van der Waals surface area contributed by atoms with Crippen molar-refractivity contribution in [2.45, 2.75) is 0 Å². The van der Waals surface area contributed by atoms with E-state index >= 15 is 0 Å². The number of anilines is 6. The van der Waals surface area contributed by atoms with Crippen molar-refractivity contribution in [2.75, 3.05) is 54.5 Å². The quantitative estimate of drug-likeness (QED) is 0.401. The average molecular weight is 432 g/mol. The summed E-state index contributed by atoms with van der Waals surface area (Å²) in [6.07, 6.45) is 0. The fourth-order valence-corrected chi connectivity index (χ4v) is 4.46. The molecular weight excluding hydrogens is 406 g/mol. The Morgan fingerprint density at radius 2 is 1.68 bits per heavy atom. The maximum absolute atomic E-state index is 6.11. The number of hydrogen-bond donors (Lipinski definition) is 3. The van der Waals surface area contributed by atoms with Gasteiger partial charge in [-0.15, -0.1) is 11.3 Å². The SMILES string of the molecule is CN1CCN(c2ccc(Nc3nc(Nc4ccccc4N)c4ccsc4n3)cc2)CC1. The Bertz CT molecular complexity index is 1180. The summed E-state index contributed by atoms with van der Waals surface area (Å²) in [6.45, 7) is 4.30. The summed E-state index contributed by atoms with van der Waals surface area (Å²) in [7, 11) is 2.17. The molecular formula is C23H25N7S. The average Bonchev–Trinajstić information content (AvgIpc) is 3.25. The van der Waals surface area contributed by atoms with Crippen molar-refractivity contribution < 1.29 is 0 Å². The third kappa shape index (κ3) is 4.26. The second-order valence-corrected chi connectivity index (χ2v) is 8.60. The van der Waals surface area contributed by atoms with E-state index in [1.807, 2.05) is 35.7 Å². The second-order valence-electron chi connectivity index (χ2n) is 7.71. The first kappa shape index (κ1) is 19.6. The number of nitrogens with two attached hydrogens (primary N) is 1. The highest BCUT2D eigenvalue weighted by atomic mass is 32.1. The van der Waals surface area contributed by atoms with E-state index in [0.717, 1.165) is 53.6 Å². The summed E-state index contributed by atoms with van der Waals surface area (Å²) in [4.78, 5) is 15.1. The lowest BCUT2D eigenvalue weighted by molar-refractivity contribution is 0.313. The Morgan fingerprint density at radius 1 is 0.903 bits per heavy atom. The van der Waals surface area contributed by atoms with Gasteiger partial charge in [0.05, 0.1) is 16.8 Å². The van der Waals surface area contributed by atoms with Crippen LogP contribution < -0.4 is 21.3 Å². The zero-order chi connectivity index (χ0) is 21.2. The van der Waals surface area contributed by atoms with Crippen LogP contribution in [0.4, 0.5) is 34.5 Å². The summed E-state index contributed by atoms with van der Waals surface area (Å²) >= 11 is 1.59. The number of rotatable bonds is 5. The van der Waals surface area contributed by atoms with E-state index in [9.17, 15) is 0 Å². The van der Waals surface area contributed by atoms with Gasteiger partial charge >= 0.3 is 0 Å². The maximum atomic E-state index is 6.11. The molecule has 1 aliphatic rings. The molecule has 7 nitrogen and oxygen atoms in total. The molecule has 0 saturated carbocycles. The normalized spacial score (nSPS) is 14.7. The minimum absolute atomic E-state index is 0.555. The third-order valence-corrected chi connectivity index (χ3v) is 6.34. The number of nitrogens with one attached hydrogen (secondary N) is 2. The lowest BCUT2D eigenvalue weighted by Gasteiger charge is -2.34. The maximum Gasteiger partial charge on any atom is 0.230 e. The molecule has 0 aliphatic carbocycles. The highest BCUT2D eigenvalue weighted by molar-refractivity contribution is 7.16. The minimum Gasteiger partial charge on any atom is -0.397 e. The smallest absolute Gasteiger partial charge is 0.230 e. The molecule has 1 aliphatic heterocycles. The Hall–Kier alpha value is -3.36. The van der Waals surface area contributed by atoms with Crippen molar-refractivity contribution >= 4 is 56.1 Å². The number of benzene rings is 2. The number of para-hydroxylation sites is 2. The number of thiophene rings is 1. The van der Waals surface area contributed by atoms with Crippen LogP contribution in [0, 0.1) is 0 Å². The summed E-state index contributed by atoms with van der Waals surface area (Å²) in [5, 5.41) is 9.71. The topological polar surface area (TPSA) is 82.3 Å². The molecule has 2 aromatic carbocycles. The van der Waals surface area contributed by atoms with Crippen molar-refractivity contribution in [1.82, 2.24) is 14.9 Å². The van der Waals surface area contributed by atoms with Gasteiger partial charge in [-0.25, -0.2) is 4.98 Å². The van der Waals surface area contributed by atoms with E-state index in [2.05, 4.69) is 56.7 Å². The number of likely N-dealkylation sites (N-methyl/N-ethyl adjacent to an activating group) is 1. The van der Waals surface area contributed by atoms with Gasteiger partial charge in [0.1, 0.15) is 10.6 Å². The Balaban J connectivity index is 1.37. The van der Waals surface area contributed by atoms with Gasteiger partial charge in [-0.2, -0.15) is 4.98 Å². The number of fused-ring (bicyclic) bond motifs is 1. The van der Waals surface area contributed by atoms with E-state index in [4.69, 9.17) is 10.7 Å². The minimum atomic E-state index is 0.555. The van der Waals surface area contributed by atoms with Crippen LogP contribution in [0.3, 0.4) is 0 Å². The fraction of sp³-hybridized carbons (Fsp3) is 0.217. The van der Waals surface area contributed by atoms with Gasteiger partial charge in [-0.05, 0) is 54.9 Å². The first-order valence-corrected chi connectivity index (χ1v) is 11.2. The van der Waals surface area contributed by atoms with Crippen LogP contribution in [0.15, 0.2) is 60.0 Å². The number of nitrogen functional groups attached to an aromatic ring is 1. The van der Waals surface area contributed by atoms with Gasteiger partial charge in [0.2, 0.25) is 5.95 Å². The molecule has 5 rings (SSSR count). The number of hydrogen-bond acceptors (Lipinski definition) is 8. The summed E-state index contributed by atoms with van der Waals surface area (Å²) in [5.41, 5.74) is 9.82. The third-order valence-electron chi connectivity index (χ3n) is 5.53. The van der Waals surface area contributed by atoms with Crippen molar-refractivity contribution in [3.05, 3.63) is 60.0 Å². The molecule has 8 heteroatoms. The van der Waals surface area contributed by atoms with Gasteiger partial charge < -0.3 is 26.2 Å². The zero-order valence-corrected chi connectivity index (χ0v) is 18.2. The van der Waals surface area contributed by atoms with E-state index in [0.29, 0.717) is 11.6 Å². The van der Waals surface area contributed by atoms with Crippen LogP contribution in [0.2, 0.25) is 0 Å². The van der Waals surface area contributed by atoms with Crippen LogP contribution in [0.25, 0.3) is 10.2 Å². The van der Waals surface area contributed by atoms with Crippen molar-refractivity contribution in [3.63, 3.8) is 0 Å². The van der Waals surface area contributed by atoms with E-state index in [1.165, 1.54) is 5.69 Å². The summed E-state index contributed by atoms with van der Waals surface area (Å²) in [6, 6.07) is 18.2. The number of aromatic nitrogens is 2. The molecule has 1 saturated heterocycles. The Morgan fingerprint density at radius 3 is 2.45 bits per heavy atom.